The van der Waals surface area contributed by atoms with E-state index in [9.17, 15) is 14.9 Å². The third kappa shape index (κ3) is 4.52. The van der Waals surface area contributed by atoms with Gasteiger partial charge in [-0.3, -0.25) is 14.9 Å². The zero-order valence-corrected chi connectivity index (χ0v) is 12.5. The topological polar surface area (TPSA) is 104 Å². The molecule has 0 saturated heterocycles. The van der Waals surface area contributed by atoms with Gasteiger partial charge in [-0.25, -0.2) is 0 Å². The summed E-state index contributed by atoms with van der Waals surface area (Å²) in [6.07, 6.45) is 0. The van der Waals surface area contributed by atoms with Crippen molar-refractivity contribution in [1.82, 2.24) is 0 Å². The van der Waals surface area contributed by atoms with Crippen LogP contribution >= 0.6 is 0 Å². The van der Waals surface area contributed by atoms with Gasteiger partial charge in [0.15, 0.2) is 0 Å². The van der Waals surface area contributed by atoms with Crippen LogP contribution in [-0.4, -0.2) is 22.0 Å². The first-order valence-electron chi connectivity index (χ1n) is 7.01. The number of carbonyl (C=O) groups excluding carboxylic acids is 1. The SMILES string of the molecule is CC(Nc1cccc(CO)c1)C(=O)Nc1cccc([N+](=O)[O-])c1. The summed E-state index contributed by atoms with van der Waals surface area (Å²) in [5.74, 6) is -0.320. The van der Waals surface area contributed by atoms with Gasteiger partial charge < -0.3 is 15.7 Å². The zero-order chi connectivity index (χ0) is 16.8. The van der Waals surface area contributed by atoms with Crippen LogP contribution in [0.25, 0.3) is 0 Å². The lowest BCUT2D eigenvalue weighted by molar-refractivity contribution is -0.384. The molecule has 3 N–H and O–H groups in total. The number of non-ortho nitro benzene ring substituents is 1. The number of nitrogens with zero attached hydrogens (tertiary/aromatic N) is 1. The third-order valence-corrected chi connectivity index (χ3v) is 3.21. The molecule has 7 nitrogen and oxygen atoms in total. The molecule has 0 spiro atoms. The molecule has 2 rings (SSSR count). The average Bonchev–Trinajstić information content (AvgIpc) is 2.55. The maximum Gasteiger partial charge on any atom is 0.271 e. The molecule has 2 aromatic rings. The van der Waals surface area contributed by atoms with E-state index < -0.39 is 11.0 Å². The molecule has 1 atom stereocenters. The number of benzene rings is 2. The summed E-state index contributed by atoms with van der Waals surface area (Å²) in [4.78, 5) is 22.4. The molecule has 7 heteroatoms. The Morgan fingerprint density at radius 3 is 2.61 bits per heavy atom. The molecule has 120 valence electrons. The van der Waals surface area contributed by atoms with Gasteiger partial charge in [-0.15, -0.1) is 0 Å². The second-order valence-electron chi connectivity index (χ2n) is 5.02. The van der Waals surface area contributed by atoms with Crippen molar-refractivity contribution < 1.29 is 14.8 Å². The Morgan fingerprint density at radius 1 is 1.22 bits per heavy atom. The Bertz CT molecular complexity index is 718. The van der Waals surface area contributed by atoms with E-state index in [1.807, 2.05) is 0 Å². The maximum atomic E-state index is 12.2. The van der Waals surface area contributed by atoms with E-state index in [2.05, 4.69) is 10.6 Å². The molecule has 2 aromatic carbocycles. The Labute approximate surface area is 133 Å². The van der Waals surface area contributed by atoms with Crippen LogP contribution in [0.15, 0.2) is 48.5 Å². The molecule has 0 aromatic heterocycles. The van der Waals surface area contributed by atoms with E-state index in [0.717, 1.165) is 5.56 Å². The molecular formula is C16H17N3O4. The number of hydrogen-bond donors (Lipinski definition) is 3. The molecule has 0 aliphatic carbocycles. The molecule has 1 amide bonds. The Kier molecular flexibility index (Phi) is 5.27. The fourth-order valence-electron chi connectivity index (χ4n) is 2.02. The predicted octanol–water partition coefficient (Wildman–Crippen LogP) is 2.53. The van der Waals surface area contributed by atoms with Crippen molar-refractivity contribution in [1.29, 1.82) is 0 Å². The first kappa shape index (κ1) is 16.4. The number of aliphatic hydroxyl groups excluding tert-OH is 1. The molecule has 0 aliphatic rings. The van der Waals surface area contributed by atoms with Gasteiger partial charge in [0.05, 0.1) is 11.5 Å². The van der Waals surface area contributed by atoms with E-state index in [4.69, 9.17) is 5.11 Å². The maximum absolute atomic E-state index is 12.2. The minimum Gasteiger partial charge on any atom is -0.392 e. The van der Waals surface area contributed by atoms with Crippen molar-refractivity contribution in [3.8, 4) is 0 Å². The normalized spacial score (nSPS) is 11.6. The minimum atomic E-state index is -0.553. The molecular weight excluding hydrogens is 298 g/mol. The molecule has 0 fully saturated rings. The minimum absolute atomic E-state index is 0.0796. The number of nitro benzene ring substituents is 1. The second-order valence-corrected chi connectivity index (χ2v) is 5.02. The monoisotopic (exact) mass is 315 g/mol. The molecule has 0 saturated carbocycles. The standard InChI is InChI=1S/C16H17N3O4/c1-11(17-13-5-2-4-12(8-13)10-20)16(21)18-14-6-3-7-15(9-14)19(22)23/h2-9,11,17,20H,10H2,1H3,(H,18,21). The van der Waals surface area contributed by atoms with Crippen LogP contribution in [0.1, 0.15) is 12.5 Å². The van der Waals surface area contributed by atoms with Gasteiger partial charge in [0.2, 0.25) is 5.91 Å². The van der Waals surface area contributed by atoms with Crippen molar-refractivity contribution in [3.05, 3.63) is 64.2 Å². The molecule has 0 heterocycles. The zero-order valence-electron chi connectivity index (χ0n) is 12.5. The molecule has 23 heavy (non-hydrogen) atoms. The second kappa shape index (κ2) is 7.37. The molecule has 1 unspecified atom stereocenters. The van der Waals surface area contributed by atoms with Crippen LogP contribution in [0, 0.1) is 10.1 Å². The van der Waals surface area contributed by atoms with Crippen molar-refractivity contribution in [2.75, 3.05) is 10.6 Å². The number of hydrogen-bond acceptors (Lipinski definition) is 5. The van der Waals surface area contributed by atoms with Crippen molar-refractivity contribution >= 4 is 23.0 Å². The van der Waals surface area contributed by atoms with Gasteiger partial charge in [-0.05, 0) is 30.7 Å². The van der Waals surface area contributed by atoms with Gasteiger partial charge in [0.1, 0.15) is 6.04 Å². The number of nitrogens with one attached hydrogen (secondary N) is 2. The fourth-order valence-corrected chi connectivity index (χ4v) is 2.02. The van der Waals surface area contributed by atoms with Crippen molar-refractivity contribution in [3.63, 3.8) is 0 Å². The van der Waals surface area contributed by atoms with Crippen LogP contribution in [0.3, 0.4) is 0 Å². The van der Waals surface area contributed by atoms with E-state index >= 15 is 0 Å². The predicted molar refractivity (Wildman–Crippen MR) is 87.2 cm³/mol. The fraction of sp³-hybridized carbons (Fsp3) is 0.188. The Morgan fingerprint density at radius 2 is 1.91 bits per heavy atom. The van der Waals surface area contributed by atoms with Gasteiger partial charge in [0.25, 0.3) is 5.69 Å². The molecule has 0 bridgehead atoms. The van der Waals surface area contributed by atoms with E-state index in [1.165, 1.54) is 18.2 Å². The van der Waals surface area contributed by atoms with Crippen LogP contribution in [0.4, 0.5) is 17.1 Å². The van der Waals surface area contributed by atoms with Gasteiger partial charge in [-0.2, -0.15) is 0 Å². The largest absolute Gasteiger partial charge is 0.392 e. The van der Waals surface area contributed by atoms with E-state index in [1.54, 1.807) is 37.3 Å². The van der Waals surface area contributed by atoms with E-state index in [-0.39, 0.29) is 18.2 Å². The number of rotatable bonds is 6. The van der Waals surface area contributed by atoms with Gasteiger partial charge >= 0.3 is 0 Å². The molecule has 0 radical (unpaired) electrons. The highest BCUT2D eigenvalue weighted by molar-refractivity contribution is 5.96. The van der Waals surface area contributed by atoms with Crippen molar-refractivity contribution in [2.24, 2.45) is 0 Å². The third-order valence-electron chi connectivity index (χ3n) is 3.21. The first-order chi connectivity index (χ1) is 11.0. The number of anilines is 2. The summed E-state index contributed by atoms with van der Waals surface area (Å²) in [7, 11) is 0. The number of nitro groups is 1. The van der Waals surface area contributed by atoms with Crippen LogP contribution in [0.5, 0.6) is 0 Å². The quantitative estimate of drug-likeness (QED) is 0.561. The smallest absolute Gasteiger partial charge is 0.271 e. The van der Waals surface area contributed by atoms with Crippen LogP contribution in [-0.2, 0) is 11.4 Å². The summed E-state index contributed by atoms with van der Waals surface area (Å²) in [6, 6.07) is 12.3. The van der Waals surface area contributed by atoms with Crippen molar-refractivity contribution in [2.45, 2.75) is 19.6 Å². The van der Waals surface area contributed by atoms with Crippen LogP contribution in [0.2, 0.25) is 0 Å². The Hall–Kier alpha value is -2.93. The summed E-state index contributed by atoms with van der Waals surface area (Å²) < 4.78 is 0. The number of amides is 1. The lowest BCUT2D eigenvalue weighted by Crippen LogP contribution is -2.31. The number of carbonyl (C=O) groups is 1. The van der Waals surface area contributed by atoms with Gasteiger partial charge in [0, 0.05) is 23.5 Å². The summed E-state index contributed by atoms with van der Waals surface area (Å²) in [6.45, 7) is 1.60. The number of aliphatic hydroxyl groups is 1. The lowest BCUT2D eigenvalue weighted by Gasteiger charge is -2.15. The average molecular weight is 315 g/mol. The summed E-state index contributed by atoms with van der Waals surface area (Å²) in [5.41, 5.74) is 1.72. The van der Waals surface area contributed by atoms with Gasteiger partial charge in [-0.1, -0.05) is 18.2 Å². The summed E-state index contributed by atoms with van der Waals surface area (Å²) in [5, 5.41) is 25.5. The van der Waals surface area contributed by atoms with E-state index in [0.29, 0.717) is 11.4 Å². The highest BCUT2D eigenvalue weighted by Gasteiger charge is 2.14. The van der Waals surface area contributed by atoms with Crippen LogP contribution < -0.4 is 10.6 Å². The summed E-state index contributed by atoms with van der Waals surface area (Å²) >= 11 is 0. The highest BCUT2D eigenvalue weighted by Crippen LogP contribution is 2.18. The first-order valence-corrected chi connectivity index (χ1v) is 7.01. The lowest BCUT2D eigenvalue weighted by atomic mass is 10.2. The molecule has 0 aliphatic heterocycles. The Balaban J connectivity index is 2.02. The highest BCUT2D eigenvalue weighted by atomic mass is 16.6.